The van der Waals surface area contributed by atoms with E-state index >= 15 is 0 Å². The molecule has 0 fully saturated rings. The maximum absolute atomic E-state index is 10.2. The van der Waals surface area contributed by atoms with Gasteiger partial charge in [-0.15, -0.1) is 0 Å². The molecule has 2 aromatic carbocycles. The molecule has 0 saturated heterocycles. The number of benzene rings is 2. The van der Waals surface area contributed by atoms with Crippen LogP contribution in [0, 0.1) is 0 Å². The molecule has 0 bridgehead atoms. The van der Waals surface area contributed by atoms with Crippen LogP contribution >= 0.6 is 0 Å². The van der Waals surface area contributed by atoms with Gasteiger partial charge >= 0.3 is 11.9 Å². The predicted molar refractivity (Wildman–Crippen MR) is 88.8 cm³/mol. The number of hydrogen-bond acceptors (Lipinski definition) is 4. The van der Waals surface area contributed by atoms with Gasteiger partial charge in [0, 0.05) is 12.5 Å². The molecule has 2 aromatic rings. The van der Waals surface area contributed by atoms with E-state index in [1.807, 2.05) is 0 Å². The fraction of sp³-hybridized carbons (Fsp3) is 0.111. The van der Waals surface area contributed by atoms with Gasteiger partial charge in [0.15, 0.2) is 0 Å². The smallest absolute Gasteiger partial charge is 0.328 e. The van der Waals surface area contributed by atoms with Gasteiger partial charge in [-0.3, -0.25) is 4.79 Å². The Kier molecular flexibility index (Phi) is 7.57. The Bertz CT molecular complexity index is 721. The second kappa shape index (κ2) is 9.68. The summed E-state index contributed by atoms with van der Waals surface area (Å²) in [6.45, 7) is 0. The van der Waals surface area contributed by atoms with Crippen LogP contribution in [-0.4, -0.2) is 32.4 Å². The average molecular weight is 330 g/mol. The number of carbonyl (C=O) groups is 2. The maximum atomic E-state index is 10.2. The lowest BCUT2D eigenvalue weighted by Gasteiger charge is -1.98. The van der Waals surface area contributed by atoms with Crippen molar-refractivity contribution in [2.45, 2.75) is 12.8 Å². The first-order valence-corrected chi connectivity index (χ1v) is 7.06. The SMILES string of the molecule is O=C(O)C=Cc1cccc(O)c1.O=C(O)CCc1cccc(O)c1. The number of hydrogen-bond donors (Lipinski definition) is 4. The third kappa shape index (κ3) is 8.23. The minimum Gasteiger partial charge on any atom is -0.508 e. The zero-order valence-corrected chi connectivity index (χ0v) is 12.8. The Morgan fingerprint density at radius 1 is 0.917 bits per heavy atom. The topological polar surface area (TPSA) is 115 Å². The van der Waals surface area contributed by atoms with Crippen LogP contribution in [-0.2, 0) is 16.0 Å². The molecule has 0 aromatic heterocycles. The number of aromatic hydroxyl groups is 2. The molecule has 0 aliphatic heterocycles. The molecule has 0 aliphatic rings. The minimum atomic E-state index is -1.00. The second-order valence-electron chi connectivity index (χ2n) is 4.83. The monoisotopic (exact) mass is 330 g/mol. The van der Waals surface area contributed by atoms with Crippen molar-refractivity contribution in [1.29, 1.82) is 0 Å². The van der Waals surface area contributed by atoms with Gasteiger partial charge in [0.1, 0.15) is 11.5 Å². The van der Waals surface area contributed by atoms with Crippen LogP contribution in [0.4, 0.5) is 0 Å². The van der Waals surface area contributed by atoms with Crippen LogP contribution in [0.15, 0.2) is 54.6 Å². The first-order valence-electron chi connectivity index (χ1n) is 7.06. The molecule has 6 nitrogen and oxygen atoms in total. The molecule has 6 heteroatoms. The standard InChI is InChI=1S/C9H10O3.C9H8O3/c2*10-8-3-1-2-7(6-8)4-5-9(11)12/h1-3,6,10H,4-5H2,(H,11,12);1-6,10H,(H,11,12). The Balaban J connectivity index is 0.000000240. The van der Waals surface area contributed by atoms with Crippen molar-refractivity contribution in [3.05, 3.63) is 65.7 Å². The van der Waals surface area contributed by atoms with Gasteiger partial charge in [0.05, 0.1) is 0 Å². The van der Waals surface area contributed by atoms with Crippen molar-refractivity contribution in [3.8, 4) is 11.5 Å². The van der Waals surface area contributed by atoms with Gasteiger partial charge in [0.2, 0.25) is 0 Å². The molecule has 126 valence electrons. The number of phenols is 2. The van der Waals surface area contributed by atoms with E-state index in [-0.39, 0.29) is 17.9 Å². The maximum Gasteiger partial charge on any atom is 0.328 e. The molecule has 0 radical (unpaired) electrons. The summed E-state index contributed by atoms with van der Waals surface area (Å²) in [7, 11) is 0. The molecule has 0 spiro atoms. The lowest BCUT2D eigenvalue weighted by molar-refractivity contribution is -0.137. The normalized spacial score (nSPS) is 10.0. The van der Waals surface area contributed by atoms with E-state index < -0.39 is 11.9 Å². The van der Waals surface area contributed by atoms with E-state index in [1.165, 1.54) is 18.2 Å². The molecule has 0 atom stereocenters. The molecule has 0 unspecified atom stereocenters. The molecule has 2 rings (SSSR count). The number of aryl methyl sites for hydroxylation is 1. The van der Waals surface area contributed by atoms with Crippen molar-refractivity contribution < 1.29 is 30.0 Å². The molecule has 0 aliphatic carbocycles. The molecule has 4 N–H and O–H groups in total. The molecule has 0 saturated carbocycles. The van der Waals surface area contributed by atoms with Crippen LogP contribution in [0.2, 0.25) is 0 Å². The summed E-state index contributed by atoms with van der Waals surface area (Å²) >= 11 is 0. The molecule has 24 heavy (non-hydrogen) atoms. The van der Waals surface area contributed by atoms with Gasteiger partial charge in [-0.1, -0.05) is 24.3 Å². The summed E-state index contributed by atoms with van der Waals surface area (Å²) in [5.41, 5.74) is 1.51. The molecular weight excluding hydrogens is 312 g/mol. The van der Waals surface area contributed by atoms with Gasteiger partial charge in [-0.2, -0.15) is 0 Å². The largest absolute Gasteiger partial charge is 0.508 e. The van der Waals surface area contributed by atoms with E-state index in [0.29, 0.717) is 12.0 Å². The highest BCUT2D eigenvalue weighted by atomic mass is 16.4. The Labute approximate surface area is 138 Å². The van der Waals surface area contributed by atoms with E-state index in [4.69, 9.17) is 20.4 Å². The van der Waals surface area contributed by atoms with Gasteiger partial charge in [-0.05, 0) is 47.9 Å². The number of phenolic OH excluding ortho intramolecular Hbond substituents is 2. The van der Waals surface area contributed by atoms with Crippen molar-refractivity contribution in [2.24, 2.45) is 0 Å². The number of carboxylic acid groups (broad SMARTS) is 2. The fourth-order valence-corrected chi connectivity index (χ4v) is 1.76. The van der Waals surface area contributed by atoms with Crippen LogP contribution in [0.3, 0.4) is 0 Å². The van der Waals surface area contributed by atoms with Crippen molar-refractivity contribution >= 4 is 18.0 Å². The quantitative estimate of drug-likeness (QED) is 0.627. The van der Waals surface area contributed by atoms with Crippen molar-refractivity contribution in [3.63, 3.8) is 0 Å². The minimum absolute atomic E-state index is 0.101. The Morgan fingerprint density at radius 3 is 2.08 bits per heavy atom. The van der Waals surface area contributed by atoms with Crippen LogP contribution in [0.5, 0.6) is 11.5 Å². The highest BCUT2D eigenvalue weighted by Crippen LogP contribution is 2.12. The first-order chi connectivity index (χ1) is 11.4. The van der Waals surface area contributed by atoms with Crippen LogP contribution in [0.25, 0.3) is 6.08 Å². The third-order valence-corrected chi connectivity index (χ3v) is 2.83. The molecule has 0 amide bonds. The van der Waals surface area contributed by atoms with Crippen LogP contribution in [0.1, 0.15) is 17.5 Å². The lowest BCUT2D eigenvalue weighted by atomic mass is 10.1. The second-order valence-corrected chi connectivity index (χ2v) is 4.83. The molecular formula is C18H18O6. The third-order valence-electron chi connectivity index (χ3n) is 2.83. The summed E-state index contributed by atoms with van der Waals surface area (Å²) in [6.07, 6.45) is 3.00. The summed E-state index contributed by atoms with van der Waals surface area (Å²) in [6, 6.07) is 13.0. The fourth-order valence-electron chi connectivity index (χ4n) is 1.76. The Hall–Kier alpha value is -3.28. The van der Waals surface area contributed by atoms with Gasteiger partial charge in [-0.25, -0.2) is 4.79 Å². The van der Waals surface area contributed by atoms with Crippen molar-refractivity contribution in [1.82, 2.24) is 0 Å². The first kappa shape index (κ1) is 18.8. The number of aliphatic carboxylic acids is 2. The van der Waals surface area contributed by atoms with E-state index in [2.05, 4.69) is 0 Å². The van der Waals surface area contributed by atoms with Gasteiger partial charge < -0.3 is 20.4 Å². The average Bonchev–Trinajstić information content (AvgIpc) is 2.52. The number of rotatable bonds is 5. The van der Waals surface area contributed by atoms with Crippen molar-refractivity contribution in [2.75, 3.05) is 0 Å². The predicted octanol–water partition coefficient (Wildman–Crippen LogP) is 2.90. The summed E-state index contributed by atoms with van der Waals surface area (Å²) < 4.78 is 0. The van der Waals surface area contributed by atoms with E-state index in [0.717, 1.165) is 11.6 Å². The van der Waals surface area contributed by atoms with Gasteiger partial charge in [0.25, 0.3) is 0 Å². The zero-order valence-electron chi connectivity index (χ0n) is 12.8. The van der Waals surface area contributed by atoms with E-state index in [9.17, 15) is 9.59 Å². The van der Waals surface area contributed by atoms with Crippen LogP contribution < -0.4 is 0 Å². The van der Waals surface area contributed by atoms with E-state index in [1.54, 1.807) is 36.4 Å². The molecule has 0 heterocycles. The Morgan fingerprint density at radius 2 is 1.54 bits per heavy atom. The highest BCUT2D eigenvalue weighted by Gasteiger charge is 1.98. The number of carboxylic acids is 2. The zero-order chi connectivity index (χ0) is 17.9. The highest BCUT2D eigenvalue weighted by molar-refractivity contribution is 5.85. The summed E-state index contributed by atoms with van der Waals surface area (Å²) in [4.78, 5) is 20.3. The summed E-state index contributed by atoms with van der Waals surface area (Å²) in [5, 5.41) is 34.7. The summed E-state index contributed by atoms with van der Waals surface area (Å²) in [5.74, 6) is -1.52. The lowest BCUT2D eigenvalue weighted by Crippen LogP contribution is -1.96.